The lowest BCUT2D eigenvalue weighted by molar-refractivity contribution is -0.274. The van der Waals surface area contributed by atoms with Crippen molar-refractivity contribution in [1.82, 2.24) is 0 Å². The van der Waals surface area contributed by atoms with Gasteiger partial charge in [-0.05, 0) is 43.4 Å². The van der Waals surface area contributed by atoms with Gasteiger partial charge in [-0.3, -0.25) is 9.59 Å². The summed E-state index contributed by atoms with van der Waals surface area (Å²) in [6.07, 6.45) is -2.26. The van der Waals surface area contributed by atoms with Gasteiger partial charge in [-0.2, -0.15) is 0 Å². The maximum absolute atomic E-state index is 12.8. The van der Waals surface area contributed by atoms with E-state index >= 15 is 0 Å². The first-order valence-electron chi connectivity index (χ1n) is 7.70. The summed E-state index contributed by atoms with van der Waals surface area (Å²) in [5, 5.41) is 0. The molecule has 3 rings (SSSR count). The third-order valence-electron chi connectivity index (χ3n) is 5.01. The Bertz CT molecular complexity index is 666. The molecule has 1 spiro atoms. The third kappa shape index (κ3) is 2.86. The van der Waals surface area contributed by atoms with Crippen LogP contribution in [0, 0.1) is 11.3 Å². The summed E-state index contributed by atoms with van der Waals surface area (Å²) >= 11 is 0. The van der Waals surface area contributed by atoms with Crippen LogP contribution in [-0.2, 0) is 11.2 Å². The lowest BCUT2D eigenvalue weighted by Gasteiger charge is -2.35. The molecule has 1 fully saturated rings. The number of Topliss-reactive ketones (excluding diaryl/α,β-unsaturated/α-hetero) is 2. The van der Waals surface area contributed by atoms with Gasteiger partial charge in [0.2, 0.25) is 0 Å². The van der Waals surface area contributed by atoms with Crippen molar-refractivity contribution < 1.29 is 27.5 Å². The molecule has 1 aromatic carbocycles. The summed E-state index contributed by atoms with van der Waals surface area (Å²) in [4.78, 5) is 24.7. The number of halogens is 3. The van der Waals surface area contributed by atoms with Gasteiger partial charge in [-0.15, -0.1) is 13.2 Å². The fourth-order valence-electron chi connectivity index (χ4n) is 3.84. The van der Waals surface area contributed by atoms with Crippen LogP contribution in [0.4, 0.5) is 13.2 Å². The maximum atomic E-state index is 12.8. The SMILES string of the molecule is CCC1CC2(CCC1=O)Cc1ccc(OC(F)(F)F)cc1C2=O. The minimum atomic E-state index is -4.78. The third-order valence-corrected chi connectivity index (χ3v) is 5.01. The van der Waals surface area contributed by atoms with Crippen LogP contribution in [0.5, 0.6) is 5.75 Å². The number of alkyl halides is 3. The van der Waals surface area contributed by atoms with Gasteiger partial charge < -0.3 is 4.74 Å². The molecule has 0 aliphatic heterocycles. The fraction of sp³-hybridized carbons (Fsp3) is 0.529. The van der Waals surface area contributed by atoms with Crippen LogP contribution in [0.3, 0.4) is 0 Å². The smallest absolute Gasteiger partial charge is 0.406 e. The van der Waals surface area contributed by atoms with Gasteiger partial charge in [0, 0.05) is 23.3 Å². The van der Waals surface area contributed by atoms with Crippen LogP contribution in [0.1, 0.15) is 48.5 Å². The summed E-state index contributed by atoms with van der Waals surface area (Å²) < 4.78 is 40.9. The minimum Gasteiger partial charge on any atom is -0.406 e. The molecule has 0 heterocycles. The van der Waals surface area contributed by atoms with E-state index in [-0.39, 0.29) is 23.2 Å². The molecular weight excluding hydrogens is 309 g/mol. The summed E-state index contributed by atoms with van der Waals surface area (Å²) in [5.41, 5.74) is 0.415. The molecule has 2 unspecified atom stereocenters. The zero-order valence-electron chi connectivity index (χ0n) is 12.7. The van der Waals surface area contributed by atoms with Gasteiger partial charge in [-0.25, -0.2) is 0 Å². The van der Waals surface area contributed by atoms with Gasteiger partial charge in [0.1, 0.15) is 11.5 Å². The first kappa shape index (κ1) is 16.0. The molecule has 3 nitrogen and oxygen atoms in total. The number of carbonyl (C=O) groups excluding carboxylic acids is 2. The largest absolute Gasteiger partial charge is 0.573 e. The molecule has 2 aliphatic rings. The van der Waals surface area contributed by atoms with Gasteiger partial charge >= 0.3 is 6.36 Å². The van der Waals surface area contributed by atoms with Crippen molar-refractivity contribution >= 4 is 11.6 Å². The molecule has 124 valence electrons. The van der Waals surface area contributed by atoms with E-state index in [0.29, 0.717) is 37.7 Å². The molecule has 0 bridgehead atoms. The second-order valence-corrected chi connectivity index (χ2v) is 6.43. The molecule has 0 aromatic heterocycles. The molecule has 6 heteroatoms. The Balaban J connectivity index is 1.89. The number of benzene rings is 1. The highest BCUT2D eigenvalue weighted by atomic mass is 19.4. The Morgan fingerprint density at radius 3 is 2.70 bits per heavy atom. The zero-order valence-corrected chi connectivity index (χ0v) is 12.7. The summed E-state index contributed by atoms with van der Waals surface area (Å²) in [6, 6.07) is 3.95. The van der Waals surface area contributed by atoms with Crippen LogP contribution in [0.2, 0.25) is 0 Å². The Kier molecular flexibility index (Phi) is 3.73. The number of hydrogen-bond donors (Lipinski definition) is 0. The number of hydrogen-bond acceptors (Lipinski definition) is 3. The minimum absolute atomic E-state index is 0.132. The van der Waals surface area contributed by atoms with Crippen molar-refractivity contribution in [2.24, 2.45) is 11.3 Å². The van der Waals surface area contributed by atoms with E-state index in [2.05, 4.69) is 4.74 Å². The Labute approximate surface area is 131 Å². The van der Waals surface area contributed by atoms with Crippen molar-refractivity contribution in [1.29, 1.82) is 0 Å². The summed E-state index contributed by atoms with van der Waals surface area (Å²) in [6.45, 7) is 1.92. The number of carbonyl (C=O) groups is 2. The second-order valence-electron chi connectivity index (χ2n) is 6.43. The van der Waals surface area contributed by atoms with Crippen LogP contribution >= 0.6 is 0 Å². The van der Waals surface area contributed by atoms with Crippen LogP contribution in [-0.4, -0.2) is 17.9 Å². The summed E-state index contributed by atoms with van der Waals surface area (Å²) in [5.74, 6) is -0.470. The van der Waals surface area contributed by atoms with E-state index in [4.69, 9.17) is 0 Å². The highest BCUT2D eigenvalue weighted by Gasteiger charge is 2.49. The highest BCUT2D eigenvalue weighted by molar-refractivity contribution is 6.06. The Morgan fingerprint density at radius 2 is 2.04 bits per heavy atom. The molecule has 1 aromatic rings. The quantitative estimate of drug-likeness (QED) is 0.822. The number of ketones is 2. The van der Waals surface area contributed by atoms with Crippen LogP contribution < -0.4 is 4.74 Å². The van der Waals surface area contributed by atoms with E-state index in [9.17, 15) is 22.8 Å². The monoisotopic (exact) mass is 326 g/mol. The van der Waals surface area contributed by atoms with Crippen molar-refractivity contribution in [3.8, 4) is 5.75 Å². The second kappa shape index (κ2) is 5.35. The molecule has 2 aliphatic carbocycles. The van der Waals surface area contributed by atoms with Gasteiger partial charge in [0.05, 0.1) is 0 Å². The first-order valence-corrected chi connectivity index (χ1v) is 7.70. The molecule has 0 saturated heterocycles. The molecule has 2 atom stereocenters. The fourth-order valence-corrected chi connectivity index (χ4v) is 3.84. The molecule has 0 N–H and O–H groups in total. The molecular formula is C17H17F3O3. The average Bonchev–Trinajstić information content (AvgIpc) is 2.73. The van der Waals surface area contributed by atoms with E-state index in [1.807, 2.05) is 6.92 Å². The lowest BCUT2D eigenvalue weighted by Crippen LogP contribution is -2.38. The standard InChI is InChI=1S/C17H17F3O3/c1-2-10-8-16(6-5-14(10)21)9-11-3-4-12(23-17(18,19)20)7-13(11)15(16)22/h3-4,7,10H,2,5-6,8-9H2,1H3. The Hall–Kier alpha value is -1.85. The van der Waals surface area contributed by atoms with Crippen LogP contribution in [0.15, 0.2) is 18.2 Å². The molecule has 0 radical (unpaired) electrons. The van der Waals surface area contributed by atoms with Gasteiger partial charge in [-0.1, -0.05) is 13.0 Å². The average molecular weight is 326 g/mol. The van der Waals surface area contributed by atoms with Crippen molar-refractivity contribution in [3.63, 3.8) is 0 Å². The van der Waals surface area contributed by atoms with E-state index in [1.165, 1.54) is 18.2 Å². The van der Waals surface area contributed by atoms with Gasteiger partial charge in [0.25, 0.3) is 0 Å². The molecule has 0 amide bonds. The summed E-state index contributed by atoms with van der Waals surface area (Å²) in [7, 11) is 0. The first-order chi connectivity index (χ1) is 10.7. The molecule has 1 saturated carbocycles. The predicted molar refractivity (Wildman–Crippen MR) is 76.2 cm³/mol. The predicted octanol–water partition coefficient (Wildman–Crippen LogP) is 4.09. The zero-order chi connectivity index (χ0) is 16.8. The van der Waals surface area contributed by atoms with E-state index in [1.54, 1.807) is 0 Å². The normalized spacial score (nSPS) is 27.4. The highest BCUT2D eigenvalue weighted by Crippen LogP contribution is 2.49. The van der Waals surface area contributed by atoms with Crippen LogP contribution in [0.25, 0.3) is 0 Å². The van der Waals surface area contributed by atoms with E-state index < -0.39 is 11.8 Å². The number of fused-ring (bicyclic) bond motifs is 1. The lowest BCUT2D eigenvalue weighted by atomic mass is 9.66. The van der Waals surface area contributed by atoms with Crippen molar-refractivity contribution in [2.75, 3.05) is 0 Å². The van der Waals surface area contributed by atoms with Gasteiger partial charge in [0.15, 0.2) is 5.78 Å². The topological polar surface area (TPSA) is 43.4 Å². The number of ether oxygens (including phenoxy) is 1. The van der Waals surface area contributed by atoms with Crippen molar-refractivity contribution in [2.45, 2.75) is 45.4 Å². The van der Waals surface area contributed by atoms with Crippen molar-refractivity contribution in [3.05, 3.63) is 29.3 Å². The number of rotatable bonds is 2. The Morgan fingerprint density at radius 1 is 1.30 bits per heavy atom. The molecule has 23 heavy (non-hydrogen) atoms. The van der Waals surface area contributed by atoms with E-state index in [0.717, 1.165) is 5.56 Å². The maximum Gasteiger partial charge on any atom is 0.573 e.